The summed E-state index contributed by atoms with van der Waals surface area (Å²) in [7, 11) is 1.65. The third kappa shape index (κ3) is 2.41. The van der Waals surface area contributed by atoms with Crippen LogP contribution in [0, 0.1) is 0 Å². The molecule has 0 aliphatic heterocycles. The minimum atomic E-state index is -0.257. The van der Waals surface area contributed by atoms with Crippen molar-refractivity contribution in [2.45, 2.75) is 13.0 Å². The minimum Gasteiger partial charge on any atom is -0.397 e. The molecule has 0 radical (unpaired) electrons. The van der Waals surface area contributed by atoms with Gasteiger partial charge in [0.25, 0.3) is 5.91 Å². The second kappa shape index (κ2) is 5.36. The molecule has 0 bridgehead atoms. The molecule has 2 rings (SSSR count). The first-order valence-corrected chi connectivity index (χ1v) is 7.01. The summed E-state index contributed by atoms with van der Waals surface area (Å²) in [5, 5.41) is 10.4. The van der Waals surface area contributed by atoms with Crippen molar-refractivity contribution in [2.75, 3.05) is 19.4 Å². The number of likely N-dealkylation sites (N-methyl/N-ethyl adjacent to an activating group) is 1. The first-order valence-electron chi connectivity index (χ1n) is 5.81. The average molecular weight is 299 g/mol. The standard InChI is InChI=1S/C13H15ClN2O2S/c1-7(6-17)16(2)13(18)12-11(15)10-8(14)4-3-5-9(10)19-12/h3-5,7,17H,6,15H2,1-2H3. The number of carbonyl (C=O) groups excluding carboxylic acids is 1. The van der Waals surface area contributed by atoms with Crippen LogP contribution in [0.1, 0.15) is 16.6 Å². The van der Waals surface area contributed by atoms with Gasteiger partial charge in [0.05, 0.1) is 23.4 Å². The van der Waals surface area contributed by atoms with E-state index in [4.69, 9.17) is 22.4 Å². The van der Waals surface area contributed by atoms with Gasteiger partial charge in [-0.05, 0) is 19.1 Å². The van der Waals surface area contributed by atoms with Crippen LogP contribution >= 0.6 is 22.9 Å². The van der Waals surface area contributed by atoms with Crippen LogP contribution in [0.5, 0.6) is 0 Å². The normalized spacial score (nSPS) is 12.6. The summed E-state index contributed by atoms with van der Waals surface area (Å²) >= 11 is 7.43. The van der Waals surface area contributed by atoms with Gasteiger partial charge in [-0.3, -0.25) is 4.79 Å². The Hall–Kier alpha value is -1.30. The summed E-state index contributed by atoms with van der Waals surface area (Å²) in [4.78, 5) is 14.3. The Bertz CT molecular complexity index is 626. The van der Waals surface area contributed by atoms with Gasteiger partial charge in [-0.1, -0.05) is 17.7 Å². The van der Waals surface area contributed by atoms with Gasteiger partial charge in [0.1, 0.15) is 4.88 Å². The molecule has 19 heavy (non-hydrogen) atoms. The molecule has 1 aromatic heterocycles. The highest BCUT2D eigenvalue weighted by atomic mass is 35.5. The van der Waals surface area contributed by atoms with Gasteiger partial charge in [0, 0.05) is 17.1 Å². The molecular formula is C13H15ClN2O2S. The number of hydrogen-bond donors (Lipinski definition) is 2. The van der Waals surface area contributed by atoms with Crippen LogP contribution < -0.4 is 5.73 Å². The zero-order valence-corrected chi connectivity index (χ0v) is 12.3. The third-order valence-electron chi connectivity index (χ3n) is 3.14. The fraction of sp³-hybridized carbons (Fsp3) is 0.308. The summed E-state index contributed by atoms with van der Waals surface area (Å²) < 4.78 is 0.887. The lowest BCUT2D eigenvalue weighted by Crippen LogP contribution is -2.37. The van der Waals surface area contributed by atoms with E-state index >= 15 is 0 Å². The first kappa shape index (κ1) is 14.1. The Balaban J connectivity index is 2.49. The molecule has 0 saturated carbocycles. The number of aliphatic hydroxyl groups is 1. The van der Waals surface area contributed by atoms with E-state index in [0.29, 0.717) is 15.6 Å². The highest BCUT2D eigenvalue weighted by molar-refractivity contribution is 7.21. The Morgan fingerprint density at radius 2 is 2.26 bits per heavy atom. The minimum absolute atomic E-state index is 0.0895. The maximum absolute atomic E-state index is 12.3. The molecule has 2 aromatic rings. The van der Waals surface area contributed by atoms with Crippen LogP contribution in [-0.2, 0) is 0 Å². The zero-order valence-electron chi connectivity index (χ0n) is 10.7. The van der Waals surface area contributed by atoms with E-state index in [0.717, 1.165) is 10.1 Å². The van der Waals surface area contributed by atoms with E-state index in [1.54, 1.807) is 20.0 Å². The van der Waals surface area contributed by atoms with Crippen LogP contribution in [0.4, 0.5) is 5.69 Å². The Morgan fingerprint density at radius 3 is 2.84 bits per heavy atom. The monoisotopic (exact) mass is 298 g/mol. The van der Waals surface area contributed by atoms with Gasteiger partial charge in [-0.2, -0.15) is 0 Å². The SMILES string of the molecule is CC(CO)N(C)C(=O)c1sc2cccc(Cl)c2c1N. The van der Waals surface area contributed by atoms with E-state index in [1.807, 2.05) is 12.1 Å². The van der Waals surface area contributed by atoms with E-state index in [2.05, 4.69) is 0 Å². The van der Waals surface area contributed by atoms with Crippen molar-refractivity contribution >= 4 is 44.6 Å². The molecule has 1 heterocycles. The van der Waals surface area contributed by atoms with E-state index in [-0.39, 0.29) is 18.6 Å². The molecule has 6 heteroatoms. The Morgan fingerprint density at radius 1 is 1.58 bits per heavy atom. The molecule has 4 nitrogen and oxygen atoms in total. The number of amides is 1. The second-order valence-electron chi connectivity index (χ2n) is 4.41. The van der Waals surface area contributed by atoms with Crippen molar-refractivity contribution in [2.24, 2.45) is 0 Å². The van der Waals surface area contributed by atoms with Gasteiger partial charge in [0.2, 0.25) is 0 Å². The topological polar surface area (TPSA) is 66.6 Å². The van der Waals surface area contributed by atoms with Crippen molar-refractivity contribution in [3.63, 3.8) is 0 Å². The number of carbonyl (C=O) groups is 1. The number of nitrogen functional groups attached to an aromatic ring is 1. The van der Waals surface area contributed by atoms with E-state index < -0.39 is 0 Å². The first-order chi connectivity index (χ1) is 8.97. The van der Waals surface area contributed by atoms with Gasteiger partial charge in [-0.15, -0.1) is 11.3 Å². The quantitative estimate of drug-likeness (QED) is 0.915. The molecule has 1 amide bonds. The van der Waals surface area contributed by atoms with E-state index in [1.165, 1.54) is 16.2 Å². The number of thiophene rings is 1. The molecule has 3 N–H and O–H groups in total. The molecule has 0 aliphatic rings. The third-order valence-corrected chi connectivity index (χ3v) is 4.62. The van der Waals surface area contributed by atoms with Gasteiger partial charge < -0.3 is 15.7 Å². The van der Waals surface area contributed by atoms with Crippen molar-refractivity contribution < 1.29 is 9.90 Å². The molecule has 102 valence electrons. The Kier molecular flexibility index (Phi) is 3.99. The summed E-state index contributed by atoms with van der Waals surface area (Å²) in [6.07, 6.45) is 0. The number of hydrogen-bond acceptors (Lipinski definition) is 4. The maximum Gasteiger partial charge on any atom is 0.266 e. The van der Waals surface area contributed by atoms with Crippen LogP contribution in [0.3, 0.4) is 0 Å². The number of nitrogens with two attached hydrogens (primary N) is 1. The Labute approximate surface area is 120 Å². The molecule has 1 aromatic carbocycles. The average Bonchev–Trinajstić information content (AvgIpc) is 2.74. The molecule has 0 aliphatic carbocycles. The molecule has 0 fully saturated rings. The van der Waals surface area contributed by atoms with Crippen LogP contribution in [0.15, 0.2) is 18.2 Å². The number of anilines is 1. The van der Waals surface area contributed by atoms with Gasteiger partial charge >= 0.3 is 0 Å². The van der Waals surface area contributed by atoms with Crippen molar-refractivity contribution in [3.05, 3.63) is 28.1 Å². The van der Waals surface area contributed by atoms with Gasteiger partial charge in [-0.25, -0.2) is 0 Å². The van der Waals surface area contributed by atoms with Crippen molar-refractivity contribution in [3.8, 4) is 0 Å². The second-order valence-corrected chi connectivity index (χ2v) is 5.86. The predicted octanol–water partition coefficient (Wildman–Crippen LogP) is 2.59. The lowest BCUT2D eigenvalue weighted by Gasteiger charge is -2.22. The maximum atomic E-state index is 12.3. The van der Waals surface area contributed by atoms with Crippen LogP contribution in [-0.4, -0.2) is 35.6 Å². The highest BCUT2D eigenvalue weighted by Gasteiger charge is 2.23. The summed E-state index contributed by atoms with van der Waals surface area (Å²) in [5.41, 5.74) is 6.45. The molecule has 1 atom stereocenters. The largest absolute Gasteiger partial charge is 0.397 e. The summed E-state index contributed by atoms with van der Waals surface area (Å²) in [6.45, 7) is 1.68. The molecule has 0 saturated heterocycles. The number of nitrogens with zero attached hydrogens (tertiary/aromatic N) is 1. The smallest absolute Gasteiger partial charge is 0.266 e. The number of halogens is 1. The summed E-state index contributed by atoms with van der Waals surface area (Å²) in [6, 6.07) is 5.21. The lowest BCUT2D eigenvalue weighted by atomic mass is 10.2. The molecular weight excluding hydrogens is 284 g/mol. The predicted molar refractivity (Wildman–Crippen MR) is 79.9 cm³/mol. The fourth-order valence-corrected chi connectivity index (χ4v) is 3.24. The molecule has 1 unspecified atom stereocenters. The highest BCUT2D eigenvalue weighted by Crippen LogP contribution is 2.38. The summed E-state index contributed by atoms with van der Waals surface area (Å²) in [5.74, 6) is -0.198. The van der Waals surface area contributed by atoms with Crippen molar-refractivity contribution in [1.29, 1.82) is 0 Å². The van der Waals surface area contributed by atoms with E-state index in [9.17, 15) is 4.79 Å². The number of rotatable bonds is 3. The van der Waals surface area contributed by atoms with Crippen molar-refractivity contribution in [1.82, 2.24) is 4.90 Å². The number of aliphatic hydroxyl groups excluding tert-OH is 1. The fourth-order valence-electron chi connectivity index (χ4n) is 1.77. The lowest BCUT2D eigenvalue weighted by molar-refractivity contribution is 0.0688. The molecule has 0 spiro atoms. The van der Waals surface area contributed by atoms with Gasteiger partial charge in [0.15, 0.2) is 0 Å². The van der Waals surface area contributed by atoms with Crippen LogP contribution in [0.25, 0.3) is 10.1 Å². The number of fused-ring (bicyclic) bond motifs is 1. The zero-order chi connectivity index (χ0) is 14.2. The number of benzene rings is 1. The van der Waals surface area contributed by atoms with Crippen LogP contribution in [0.2, 0.25) is 5.02 Å².